The van der Waals surface area contributed by atoms with Crippen LogP contribution in [0.5, 0.6) is 0 Å². The molecule has 0 unspecified atom stereocenters. The molecule has 1 atom stereocenters. The maximum Gasteiger partial charge on any atom is 0.319 e. The van der Waals surface area contributed by atoms with Crippen LogP contribution < -0.4 is 15.5 Å². The third-order valence-electron chi connectivity index (χ3n) is 3.72. The fourth-order valence-electron chi connectivity index (χ4n) is 2.58. The van der Waals surface area contributed by atoms with Gasteiger partial charge in [0.15, 0.2) is 0 Å². The Kier molecular flexibility index (Phi) is 4.41. The summed E-state index contributed by atoms with van der Waals surface area (Å²) in [5, 5.41) is 5.05. The van der Waals surface area contributed by atoms with Crippen LogP contribution in [0, 0.1) is 11.6 Å². The Morgan fingerprint density at radius 1 is 1.08 bits per heavy atom. The zero-order valence-electron chi connectivity index (χ0n) is 12.6. The van der Waals surface area contributed by atoms with Crippen molar-refractivity contribution < 1.29 is 18.4 Å². The van der Waals surface area contributed by atoms with Crippen molar-refractivity contribution >= 4 is 23.3 Å². The topological polar surface area (TPSA) is 61.4 Å². The van der Waals surface area contributed by atoms with E-state index in [0.717, 1.165) is 0 Å². The van der Waals surface area contributed by atoms with Gasteiger partial charge in [0.1, 0.15) is 11.6 Å². The van der Waals surface area contributed by atoms with Gasteiger partial charge in [-0.3, -0.25) is 4.79 Å². The summed E-state index contributed by atoms with van der Waals surface area (Å²) in [5.74, 6) is -1.09. The first-order valence-corrected chi connectivity index (χ1v) is 7.41. The predicted molar refractivity (Wildman–Crippen MR) is 85.7 cm³/mol. The molecular formula is C17H15F2N3O2. The number of nitrogens with zero attached hydrogens (tertiary/aromatic N) is 1. The molecule has 2 aromatic rings. The van der Waals surface area contributed by atoms with Gasteiger partial charge in [-0.05, 0) is 36.4 Å². The average molecular weight is 331 g/mol. The van der Waals surface area contributed by atoms with Crippen molar-refractivity contribution in [3.05, 3.63) is 60.2 Å². The molecule has 0 aromatic heterocycles. The zero-order valence-corrected chi connectivity index (χ0v) is 12.6. The van der Waals surface area contributed by atoms with Gasteiger partial charge in [0, 0.05) is 18.7 Å². The van der Waals surface area contributed by atoms with Crippen LogP contribution in [0.15, 0.2) is 48.5 Å². The quantitative estimate of drug-likeness (QED) is 0.908. The average Bonchev–Trinajstić information content (AvgIpc) is 2.90. The summed E-state index contributed by atoms with van der Waals surface area (Å²) in [6, 6.07) is 10.4. The second kappa shape index (κ2) is 6.66. The smallest absolute Gasteiger partial charge is 0.319 e. The van der Waals surface area contributed by atoms with E-state index in [9.17, 15) is 18.4 Å². The fourth-order valence-corrected chi connectivity index (χ4v) is 2.58. The number of rotatable bonds is 3. The highest BCUT2D eigenvalue weighted by Gasteiger charge is 2.31. The van der Waals surface area contributed by atoms with Crippen molar-refractivity contribution in [2.75, 3.05) is 16.8 Å². The van der Waals surface area contributed by atoms with E-state index in [4.69, 9.17) is 0 Å². The first-order chi connectivity index (χ1) is 11.5. The van der Waals surface area contributed by atoms with E-state index >= 15 is 0 Å². The van der Waals surface area contributed by atoms with E-state index in [1.807, 2.05) is 0 Å². The van der Waals surface area contributed by atoms with Gasteiger partial charge in [-0.25, -0.2) is 13.6 Å². The van der Waals surface area contributed by atoms with Gasteiger partial charge in [-0.2, -0.15) is 0 Å². The highest BCUT2D eigenvalue weighted by molar-refractivity contribution is 5.97. The summed E-state index contributed by atoms with van der Waals surface area (Å²) in [6.07, 6.45) is 0.127. The number of para-hydroxylation sites is 1. The number of halogens is 2. The lowest BCUT2D eigenvalue weighted by atomic mass is 10.2. The highest BCUT2D eigenvalue weighted by Crippen LogP contribution is 2.22. The van der Waals surface area contributed by atoms with Crippen LogP contribution in [0.2, 0.25) is 0 Å². The summed E-state index contributed by atoms with van der Waals surface area (Å²) >= 11 is 0. The Bertz CT molecular complexity index is 765. The molecule has 1 heterocycles. The fraction of sp³-hybridized carbons (Fsp3) is 0.176. The maximum atomic E-state index is 13.5. The molecule has 1 saturated heterocycles. The van der Waals surface area contributed by atoms with Crippen LogP contribution >= 0.6 is 0 Å². The Labute approximate surface area is 137 Å². The van der Waals surface area contributed by atoms with Crippen molar-refractivity contribution in [3.63, 3.8) is 0 Å². The summed E-state index contributed by atoms with van der Waals surface area (Å²) in [5.41, 5.74) is 0.634. The number of amides is 3. The molecule has 1 aliphatic rings. The molecule has 24 heavy (non-hydrogen) atoms. The summed E-state index contributed by atoms with van der Waals surface area (Å²) in [7, 11) is 0. The van der Waals surface area contributed by atoms with Crippen molar-refractivity contribution in [2.24, 2.45) is 0 Å². The molecule has 0 spiro atoms. The van der Waals surface area contributed by atoms with E-state index in [1.165, 1.54) is 47.4 Å². The first-order valence-electron chi connectivity index (χ1n) is 7.41. The Hall–Kier alpha value is -2.96. The SMILES string of the molecule is O=C(Nc1ccccc1F)N[C@@H]1CC(=O)N(c2ccc(F)cc2)C1. The lowest BCUT2D eigenvalue weighted by Crippen LogP contribution is -2.39. The van der Waals surface area contributed by atoms with Crippen molar-refractivity contribution in [2.45, 2.75) is 12.5 Å². The number of benzene rings is 2. The number of hydrogen-bond donors (Lipinski definition) is 2. The maximum absolute atomic E-state index is 13.5. The third-order valence-corrected chi connectivity index (χ3v) is 3.72. The Balaban J connectivity index is 1.61. The van der Waals surface area contributed by atoms with Crippen molar-refractivity contribution in [3.8, 4) is 0 Å². The van der Waals surface area contributed by atoms with Gasteiger partial charge >= 0.3 is 6.03 Å². The number of hydrogen-bond acceptors (Lipinski definition) is 2. The molecule has 3 amide bonds. The van der Waals surface area contributed by atoms with Gasteiger partial charge in [0.25, 0.3) is 0 Å². The van der Waals surface area contributed by atoms with Gasteiger partial charge in [0.05, 0.1) is 11.7 Å². The van der Waals surface area contributed by atoms with E-state index in [0.29, 0.717) is 5.69 Å². The van der Waals surface area contributed by atoms with Gasteiger partial charge in [0.2, 0.25) is 5.91 Å². The molecule has 0 bridgehead atoms. The predicted octanol–water partition coefficient (Wildman–Crippen LogP) is 2.89. The van der Waals surface area contributed by atoms with E-state index in [-0.39, 0.29) is 30.4 Å². The Morgan fingerprint density at radius 2 is 1.79 bits per heavy atom. The minimum atomic E-state index is -0.584. The van der Waals surface area contributed by atoms with Crippen LogP contribution in [-0.4, -0.2) is 24.5 Å². The van der Waals surface area contributed by atoms with Crippen LogP contribution in [0.1, 0.15) is 6.42 Å². The number of nitrogens with one attached hydrogen (secondary N) is 2. The van der Waals surface area contributed by atoms with Gasteiger partial charge < -0.3 is 15.5 Å². The number of carbonyl (C=O) groups is 2. The van der Waals surface area contributed by atoms with E-state index < -0.39 is 17.9 Å². The van der Waals surface area contributed by atoms with E-state index in [1.54, 1.807) is 6.07 Å². The second-order valence-electron chi connectivity index (χ2n) is 5.46. The van der Waals surface area contributed by atoms with Crippen LogP contribution in [0.3, 0.4) is 0 Å². The number of carbonyl (C=O) groups excluding carboxylic acids is 2. The minimum Gasteiger partial charge on any atom is -0.333 e. The summed E-state index contributed by atoms with van der Waals surface area (Å²) < 4.78 is 26.5. The van der Waals surface area contributed by atoms with Crippen LogP contribution in [0.25, 0.3) is 0 Å². The zero-order chi connectivity index (χ0) is 17.1. The van der Waals surface area contributed by atoms with Gasteiger partial charge in [-0.15, -0.1) is 0 Å². The summed E-state index contributed by atoms with van der Waals surface area (Å²) in [6.45, 7) is 0.273. The number of anilines is 2. The molecule has 5 nitrogen and oxygen atoms in total. The molecule has 124 valence electrons. The molecule has 1 aliphatic heterocycles. The minimum absolute atomic E-state index is 0.0646. The molecule has 2 aromatic carbocycles. The lowest BCUT2D eigenvalue weighted by molar-refractivity contribution is -0.117. The standard InChI is InChI=1S/C17H15F2N3O2/c18-11-5-7-13(8-6-11)22-10-12(9-16(22)23)20-17(24)21-15-4-2-1-3-14(15)19/h1-8,12H,9-10H2,(H2,20,21,24)/t12-/m1/s1. The third kappa shape index (κ3) is 3.51. The second-order valence-corrected chi connectivity index (χ2v) is 5.46. The lowest BCUT2D eigenvalue weighted by Gasteiger charge is -2.17. The van der Waals surface area contributed by atoms with Crippen LogP contribution in [0.4, 0.5) is 25.0 Å². The molecule has 3 rings (SSSR count). The molecule has 0 aliphatic carbocycles. The number of urea groups is 1. The van der Waals surface area contributed by atoms with Crippen molar-refractivity contribution in [1.29, 1.82) is 0 Å². The monoisotopic (exact) mass is 331 g/mol. The molecule has 1 fully saturated rings. The highest BCUT2D eigenvalue weighted by atomic mass is 19.1. The molecular weight excluding hydrogens is 316 g/mol. The van der Waals surface area contributed by atoms with E-state index in [2.05, 4.69) is 10.6 Å². The largest absolute Gasteiger partial charge is 0.333 e. The summed E-state index contributed by atoms with van der Waals surface area (Å²) in [4.78, 5) is 25.5. The van der Waals surface area contributed by atoms with Gasteiger partial charge in [-0.1, -0.05) is 12.1 Å². The first kappa shape index (κ1) is 15.9. The molecule has 0 radical (unpaired) electrons. The molecule has 0 saturated carbocycles. The van der Waals surface area contributed by atoms with Crippen molar-refractivity contribution in [1.82, 2.24) is 5.32 Å². The molecule has 2 N–H and O–H groups in total. The molecule has 7 heteroatoms. The Morgan fingerprint density at radius 3 is 2.50 bits per heavy atom. The normalized spacial score (nSPS) is 17.0. The van der Waals surface area contributed by atoms with Crippen LogP contribution in [-0.2, 0) is 4.79 Å².